The SMILES string of the molecule is CNc1ncnc2c1nnn2C(C)C. The number of fused-ring (bicyclic) bond motifs is 1. The van der Waals surface area contributed by atoms with E-state index in [9.17, 15) is 0 Å². The summed E-state index contributed by atoms with van der Waals surface area (Å²) < 4.78 is 1.78. The second-order valence-electron chi connectivity index (χ2n) is 3.27. The predicted octanol–water partition coefficient (Wildman–Crippen LogP) is 0.844. The first kappa shape index (κ1) is 8.86. The molecule has 0 amide bonds. The molecule has 0 atom stereocenters. The smallest absolute Gasteiger partial charge is 0.184 e. The summed E-state index contributed by atoms with van der Waals surface area (Å²) in [5.74, 6) is 0.710. The molecule has 0 aromatic carbocycles. The molecule has 0 saturated carbocycles. The Morgan fingerprint density at radius 2 is 2.14 bits per heavy atom. The molecule has 2 heterocycles. The number of nitrogens with one attached hydrogen (secondary N) is 1. The summed E-state index contributed by atoms with van der Waals surface area (Å²) in [5.41, 5.74) is 1.48. The van der Waals surface area contributed by atoms with Gasteiger partial charge >= 0.3 is 0 Å². The predicted molar refractivity (Wildman–Crippen MR) is 53.0 cm³/mol. The van der Waals surface area contributed by atoms with E-state index in [2.05, 4.69) is 25.6 Å². The van der Waals surface area contributed by atoms with E-state index in [1.165, 1.54) is 6.33 Å². The van der Waals surface area contributed by atoms with Crippen LogP contribution in [0.4, 0.5) is 5.82 Å². The van der Waals surface area contributed by atoms with Crippen LogP contribution in [0.5, 0.6) is 0 Å². The first-order valence-corrected chi connectivity index (χ1v) is 4.47. The Kier molecular flexibility index (Phi) is 2.03. The van der Waals surface area contributed by atoms with Crippen molar-refractivity contribution in [3.05, 3.63) is 6.33 Å². The van der Waals surface area contributed by atoms with Gasteiger partial charge in [0, 0.05) is 7.05 Å². The highest BCUT2D eigenvalue weighted by Gasteiger charge is 2.11. The Bertz CT molecular complexity index is 446. The molecule has 0 aliphatic heterocycles. The van der Waals surface area contributed by atoms with Crippen LogP contribution < -0.4 is 5.32 Å². The summed E-state index contributed by atoms with van der Waals surface area (Å²) in [4.78, 5) is 8.22. The summed E-state index contributed by atoms with van der Waals surface area (Å²) in [7, 11) is 1.80. The van der Waals surface area contributed by atoms with Crippen molar-refractivity contribution in [2.45, 2.75) is 19.9 Å². The summed E-state index contributed by atoms with van der Waals surface area (Å²) >= 11 is 0. The molecule has 2 aromatic rings. The van der Waals surface area contributed by atoms with Gasteiger partial charge in [0.25, 0.3) is 0 Å². The van der Waals surface area contributed by atoms with Crippen molar-refractivity contribution < 1.29 is 0 Å². The molecule has 74 valence electrons. The average molecular weight is 192 g/mol. The maximum absolute atomic E-state index is 4.16. The standard InChI is InChI=1S/C8H12N6/c1-5(2)14-8-6(12-13-14)7(9-3)10-4-11-8/h4-5H,1-3H3,(H,9,10,11). The Morgan fingerprint density at radius 1 is 1.36 bits per heavy atom. The zero-order chi connectivity index (χ0) is 10.1. The number of rotatable bonds is 2. The van der Waals surface area contributed by atoms with Crippen molar-refractivity contribution in [1.82, 2.24) is 25.0 Å². The molecule has 1 N–H and O–H groups in total. The van der Waals surface area contributed by atoms with Gasteiger partial charge in [-0.3, -0.25) is 0 Å². The summed E-state index contributed by atoms with van der Waals surface area (Å²) in [6.07, 6.45) is 1.51. The molecular formula is C8H12N6. The highest BCUT2D eigenvalue weighted by atomic mass is 15.5. The van der Waals surface area contributed by atoms with Crippen LogP contribution in [0.1, 0.15) is 19.9 Å². The lowest BCUT2D eigenvalue weighted by atomic mass is 10.4. The summed E-state index contributed by atoms with van der Waals surface area (Å²) in [6, 6.07) is 0.250. The molecule has 0 spiro atoms. The van der Waals surface area contributed by atoms with Crippen LogP contribution in [0.2, 0.25) is 0 Å². The molecule has 0 saturated heterocycles. The Hall–Kier alpha value is -1.72. The van der Waals surface area contributed by atoms with E-state index in [0.29, 0.717) is 11.3 Å². The zero-order valence-corrected chi connectivity index (χ0v) is 8.39. The monoisotopic (exact) mass is 192 g/mol. The molecule has 14 heavy (non-hydrogen) atoms. The van der Waals surface area contributed by atoms with Crippen molar-refractivity contribution in [3.63, 3.8) is 0 Å². The van der Waals surface area contributed by atoms with Crippen LogP contribution in [0.3, 0.4) is 0 Å². The Balaban J connectivity index is 2.69. The van der Waals surface area contributed by atoms with Crippen LogP contribution in [0.25, 0.3) is 11.2 Å². The van der Waals surface area contributed by atoms with Crippen LogP contribution >= 0.6 is 0 Å². The maximum atomic E-state index is 4.16. The molecule has 0 aliphatic rings. The molecule has 2 rings (SSSR count). The lowest BCUT2D eigenvalue weighted by Gasteiger charge is -2.04. The van der Waals surface area contributed by atoms with Gasteiger partial charge in [-0.15, -0.1) is 5.10 Å². The quantitative estimate of drug-likeness (QED) is 0.763. The highest BCUT2D eigenvalue weighted by molar-refractivity contribution is 5.81. The first-order chi connectivity index (χ1) is 6.74. The average Bonchev–Trinajstić information content (AvgIpc) is 2.60. The van der Waals surface area contributed by atoms with E-state index in [4.69, 9.17) is 0 Å². The van der Waals surface area contributed by atoms with E-state index < -0.39 is 0 Å². The molecule has 0 aliphatic carbocycles. The summed E-state index contributed by atoms with van der Waals surface area (Å²) in [6.45, 7) is 4.07. The van der Waals surface area contributed by atoms with Crippen molar-refractivity contribution in [3.8, 4) is 0 Å². The minimum absolute atomic E-state index is 0.250. The number of hydrogen-bond acceptors (Lipinski definition) is 5. The van der Waals surface area contributed by atoms with Crippen LogP contribution in [-0.4, -0.2) is 32.0 Å². The third-order valence-corrected chi connectivity index (χ3v) is 1.99. The largest absolute Gasteiger partial charge is 0.371 e. The van der Waals surface area contributed by atoms with Crippen molar-refractivity contribution in [1.29, 1.82) is 0 Å². The number of aromatic nitrogens is 5. The zero-order valence-electron chi connectivity index (χ0n) is 8.39. The molecule has 0 bridgehead atoms. The van der Waals surface area contributed by atoms with Crippen LogP contribution in [0, 0.1) is 0 Å². The fourth-order valence-corrected chi connectivity index (χ4v) is 1.30. The van der Waals surface area contributed by atoms with Crippen molar-refractivity contribution in [2.24, 2.45) is 0 Å². The molecule has 6 nitrogen and oxygen atoms in total. The summed E-state index contributed by atoms with van der Waals surface area (Å²) in [5, 5.41) is 11.0. The van der Waals surface area contributed by atoms with Crippen LogP contribution in [-0.2, 0) is 0 Å². The van der Waals surface area contributed by atoms with Gasteiger partial charge in [-0.2, -0.15) is 0 Å². The molecule has 0 unspecified atom stereocenters. The lowest BCUT2D eigenvalue weighted by molar-refractivity contribution is 0.526. The molecule has 0 fully saturated rings. The maximum Gasteiger partial charge on any atom is 0.184 e. The van der Waals surface area contributed by atoms with E-state index in [1.54, 1.807) is 11.7 Å². The number of hydrogen-bond donors (Lipinski definition) is 1. The highest BCUT2D eigenvalue weighted by Crippen LogP contribution is 2.17. The third-order valence-electron chi connectivity index (χ3n) is 1.99. The Morgan fingerprint density at radius 3 is 2.79 bits per heavy atom. The van der Waals surface area contributed by atoms with Gasteiger partial charge < -0.3 is 5.32 Å². The van der Waals surface area contributed by atoms with Gasteiger partial charge in [-0.25, -0.2) is 14.6 Å². The van der Waals surface area contributed by atoms with Crippen molar-refractivity contribution >= 4 is 17.0 Å². The topological polar surface area (TPSA) is 68.5 Å². The minimum atomic E-state index is 0.250. The second kappa shape index (κ2) is 3.21. The van der Waals surface area contributed by atoms with Crippen LogP contribution in [0.15, 0.2) is 6.33 Å². The molecule has 0 radical (unpaired) electrons. The van der Waals surface area contributed by atoms with Gasteiger partial charge in [0.15, 0.2) is 17.0 Å². The van der Waals surface area contributed by atoms with E-state index >= 15 is 0 Å². The van der Waals surface area contributed by atoms with Gasteiger partial charge in [0.2, 0.25) is 0 Å². The Labute approximate surface area is 81.4 Å². The lowest BCUT2D eigenvalue weighted by Crippen LogP contribution is -2.04. The van der Waals surface area contributed by atoms with E-state index in [0.717, 1.165) is 5.65 Å². The number of nitrogens with zero attached hydrogens (tertiary/aromatic N) is 5. The minimum Gasteiger partial charge on any atom is -0.371 e. The molecule has 2 aromatic heterocycles. The fourth-order valence-electron chi connectivity index (χ4n) is 1.30. The van der Waals surface area contributed by atoms with Gasteiger partial charge in [0.05, 0.1) is 6.04 Å². The first-order valence-electron chi connectivity index (χ1n) is 4.47. The third kappa shape index (κ3) is 1.19. The van der Waals surface area contributed by atoms with Crippen molar-refractivity contribution in [2.75, 3.05) is 12.4 Å². The molecule has 6 heteroatoms. The van der Waals surface area contributed by atoms with Gasteiger partial charge in [-0.1, -0.05) is 5.21 Å². The normalized spacial score (nSPS) is 11.1. The second-order valence-corrected chi connectivity index (χ2v) is 3.27. The number of anilines is 1. The fraction of sp³-hybridized carbons (Fsp3) is 0.500. The van der Waals surface area contributed by atoms with E-state index in [-0.39, 0.29) is 6.04 Å². The van der Waals surface area contributed by atoms with E-state index in [1.807, 2.05) is 13.8 Å². The van der Waals surface area contributed by atoms with Gasteiger partial charge in [-0.05, 0) is 13.8 Å². The molecular weight excluding hydrogens is 180 g/mol. The van der Waals surface area contributed by atoms with Gasteiger partial charge in [0.1, 0.15) is 6.33 Å².